The number of nitrogens with two attached hydrogens (primary N) is 1. The SMILES string of the molecule is CN1CCCN(C(=O)c2ccc(NN)nn2)CC1=O. The number of nitrogens with one attached hydrogen (secondary N) is 1. The van der Waals surface area contributed by atoms with Crippen molar-refractivity contribution in [2.45, 2.75) is 6.42 Å². The van der Waals surface area contributed by atoms with Gasteiger partial charge in [0, 0.05) is 20.1 Å². The van der Waals surface area contributed by atoms with Crippen LogP contribution in [0.1, 0.15) is 16.9 Å². The molecule has 19 heavy (non-hydrogen) atoms. The average molecular weight is 264 g/mol. The number of carbonyl (C=O) groups is 2. The maximum Gasteiger partial charge on any atom is 0.274 e. The highest BCUT2D eigenvalue weighted by Gasteiger charge is 2.24. The van der Waals surface area contributed by atoms with Gasteiger partial charge in [-0.15, -0.1) is 10.2 Å². The number of hydrogen-bond donors (Lipinski definition) is 2. The van der Waals surface area contributed by atoms with Crippen LogP contribution in [0.2, 0.25) is 0 Å². The predicted octanol–water partition coefficient (Wildman–Crippen LogP) is -0.933. The summed E-state index contributed by atoms with van der Waals surface area (Å²) in [7, 11) is 1.73. The molecule has 0 spiro atoms. The molecule has 1 fully saturated rings. The van der Waals surface area contributed by atoms with Crippen molar-refractivity contribution in [3.63, 3.8) is 0 Å². The van der Waals surface area contributed by atoms with Crippen molar-refractivity contribution >= 4 is 17.6 Å². The number of nitrogen functional groups attached to an aromatic ring is 1. The number of likely N-dealkylation sites (N-methyl/N-ethyl adjacent to an activating group) is 1. The van der Waals surface area contributed by atoms with Crippen LogP contribution in [0.5, 0.6) is 0 Å². The fraction of sp³-hybridized carbons (Fsp3) is 0.455. The zero-order valence-electron chi connectivity index (χ0n) is 10.7. The monoisotopic (exact) mass is 264 g/mol. The summed E-state index contributed by atoms with van der Waals surface area (Å²) in [5.41, 5.74) is 2.54. The van der Waals surface area contributed by atoms with Gasteiger partial charge in [-0.3, -0.25) is 9.59 Å². The van der Waals surface area contributed by atoms with Crippen LogP contribution in [0.25, 0.3) is 0 Å². The second kappa shape index (κ2) is 5.61. The number of hydrazine groups is 1. The largest absolute Gasteiger partial charge is 0.344 e. The van der Waals surface area contributed by atoms with Crippen molar-refractivity contribution in [3.05, 3.63) is 17.8 Å². The molecule has 0 saturated carbocycles. The summed E-state index contributed by atoms with van der Waals surface area (Å²) in [4.78, 5) is 27.1. The van der Waals surface area contributed by atoms with Crippen LogP contribution in [0.4, 0.5) is 5.82 Å². The average Bonchev–Trinajstić information content (AvgIpc) is 2.60. The molecule has 0 unspecified atom stereocenters. The summed E-state index contributed by atoms with van der Waals surface area (Å²) >= 11 is 0. The van der Waals surface area contributed by atoms with Crippen LogP contribution in [-0.4, -0.2) is 58.5 Å². The van der Waals surface area contributed by atoms with E-state index in [1.54, 1.807) is 18.0 Å². The number of hydrogen-bond acceptors (Lipinski definition) is 6. The smallest absolute Gasteiger partial charge is 0.274 e. The molecular weight excluding hydrogens is 248 g/mol. The molecule has 0 radical (unpaired) electrons. The first kappa shape index (κ1) is 13.2. The molecule has 1 aromatic rings. The van der Waals surface area contributed by atoms with Crippen LogP contribution in [0.3, 0.4) is 0 Å². The molecule has 2 heterocycles. The summed E-state index contributed by atoms with van der Waals surface area (Å²) in [5.74, 6) is 5.19. The summed E-state index contributed by atoms with van der Waals surface area (Å²) < 4.78 is 0. The van der Waals surface area contributed by atoms with Crippen molar-refractivity contribution in [3.8, 4) is 0 Å². The number of anilines is 1. The number of nitrogens with zero attached hydrogens (tertiary/aromatic N) is 4. The zero-order valence-corrected chi connectivity index (χ0v) is 10.7. The fourth-order valence-electron chi connectivity index (χ4n) is 1.85. The lowest BCUT2D eigenvalue weighted by Gasteiger charge is -2.19. The molecule has 0 atom stereocenters. The molecule has 1 aliphatic heterocycles. The van der Waals surface area contributed by atoms with Crippen molar-refractivity contribution in [1.29, 1.82) is 0 Å². The Morgan fingerprint density at radius 2 is 2.16 bits per heavy atom. The first-order chi connectivity index (χ1) is 9.11. The maximum atomic E-state index is 12.2. The van der Waals surface area contributed by atoms with E-state index >= 15 is 0 Å². The third-order valence-corrected chi connectivity index (χ3v) is 2.99. The minimum absolute atomic E-state index is 0.0703. The van der Waals surface area contributed by atoms with Gasteiger partial charge in [0.05, 0.1) is 0 Å². The van der Waals surface area contributed by atoms with Crippen LogP contribution >= 0.6 is 0 Å². The standard InChI is InChI=1S/C11H16N6O2/c1-16-5-2-6-17(7-10(16)18)11(19)8-3-4-9(13-12)15-14-8/h3-4H,2,5-7,12H2,1H3,(H,13,15). The van der Waals surface area contributed by atoms with Gasteiger partial charge in [-0.1, -0.05) is 0 Å². The maximum absolute atomic E-state index is 12.2. The Kier molecular flexibility index (Phi) is 3.91. The normalized spacial score (nSPS) is 16.2. The van der Waals surface area contributed by atoms with E-state index in [0.717, 1.165) is 6.42 Å². The molecule has 2 amide bonds. The van der Waals surface area contributed by atoms with Gasteiger partial charge < -0.3 is 15.2 Å². The van der Waals surface area contributed by atoms with E-state index in [9.17, 15) is 9.59 Å². The number of amides is 2. The Morgan fingerprint density at radius 1 is 1.37 bits per heavy atom. The summed E-state index contributed by atoms with van der Waals surface area (Å²) in [6.45, 7) is 1.27. The highest BCUT2D eigenvalue weighted by atomic mass is 16.2. The van der Waals surface area contributed by atoms with Crippen molar-refractivity contribution in [2.75, 3.05) is 32.1 Å². The number of aromatic nitrogens is 2. The van der Waals surface area contributed by atoms with Crippen LogP contribution < -0.4 is 11.3 Å². The van der Waals surface area contributed by atoms with Crippen molar-refractivity contribution in [2.24, 2.45) is 5.84 Å². The van der Waals surface area contributed by atoms with E-state index in [4.69, 9.17) is 5.84 Å². The van der Waals surface area contributed by atoms with E-state index in [1.807, 2.05) is 0 Å². The molecule has 102 valence electrons. The Balaban J connectivity index is 2.11. The Labute approximate surface area is 110 Å². The van der Waals surface area contributed by atoms with E-state index < -0.39 is 0 Å². The predicted molar refractivity (Wildman–Crippen MR) is 68.0 cm³/mol. The van der Waals surface area contributed by atoms with Crippen LogP contribution in [0, 0.1) is 0 Å². The third kappa shape index (κ3) is 2.97. The van der Waals surface area contributed by atoms with Crippen molar-refractivity contribution in [1.82, 2.24) is 20.0 Å². The fourth-order valence-corrected chi connectivity index (χ4v) is 1.85. The van der Waals surface area contributed by atoms with Gasteiger partial charge in [0.15, 0.2) is 11.5 Å². The molecular formula is C11H16N6O2. The van der Waals surface area contributed by atoms with Gasteiger partial charge in [0.1, 0.15) is 6.54 Å². The Bertz CT molecular complexity index is 475. The summed E-state index contributed by atoms with van der Waals surface area (Å²) in [5, 5.41) is 7.53. The number of carbonyl (C=O) groups excluding carboxylic acids is 2. The minimum atomic E-state index is -0.292. The number of rotatable bonds is 2. The van der Waals surface area contributed by atoms with Crippen LogP contribution in [0.15, 0.2) is 12.1 Å². The van der Waals surface area contributed by atoms with Gasteiger partial charge in [0.25, 0.3) is 5.91 Å². The van der Waals surface area contributed by atoms with Gasteiger partial charge in [-0.05, 0) is 18.6 Å². The second-order valence-electron chi connectivity index (χ2n) is 4.34. The molecule has 0 aromatic carbocycles. The molecule has 2 rings (SSSR count). The quantitative estimate of drug-likeness (QED) is 0.528. The highest BCUT2D eigenvalue weighted by molar-refractivity contribution is 5.95. The minimum Gasteiger partial charge on any atom is -0.344 e. The van der Waals surface area contributed by atoms with E-state index in [2.05, 4.69) is 15.6 Å². The molecule has 0 aliphatic carbocycles. The second-order valence-corrected chi connectivity index (χ2v) is 4.34. The van der Waals surface area contributed by atoms with Gasteiger partial charge in [-0.2, -0.15) is 0 Å². The topological polar surface area (TPSA) is 104 Å². The molecule has 8 heteroatoms. The summed E-state index contributed by atoms with van der Waals surface area (Å²) in [6, 6.07) is 3.09. The van der Waals surface area contributed by atoms with E-state index in [-0.39, 0.29) is 24.1 Å². The van der Waals surface area contributed by atoms with E-state index in [0.29, 0.717) is 18.9 Å². The molecule has 8 nitrogen and oxygen atoms in total. The Morgan fingerprint density at radius 3 is 2.79 bits per heavy atom. The molecule has 1 saturated heterocycles. The van der Waals surface area contributed by atoms with Gasteiger partial charge in [-0.25, -0.2) is 5.84 Å². The van der Waals surface area contributed by atoms with Crippen LogP contribution in [-0.2, 0) is 4.79 Å². The third-order valence-electron chi connectivity index (χ3n) is 2.99. The van der Waals surface area contributed by atoms with Gasteiger partial charge in [0.2, 0.25) is 5.91 Å². The molecule has 1 aromatic heterocycles. The lowest BCUT2D eigenvalue weighted by Crippen LogP contribution is -2.38. The zero-order chi connectivity index (χ0) is 13.8. The van der Waals surface area contributed by atoms with Crippen molar-refractivity contribution < 1.29 is 9.59 Å². The highest BCUT2D eigenvalue weighted by Crippen LogP contribution is 2.08. The summed E-state index contributed by atoms with van der Waals surface area (Å²) in [6.07, 6.45) is 0.754. The van der Waals surface area contributed by atoms with E-state index in [1.165, 1.54) is 11.0 Å². The first-order valence-corrected chi connectivity index (χ1v) is 5.95. The molecule has 1 aliphatic rings. The molecule has 0 bridgehead atoms. The molecule has 3 N–H and O–H groups in total. The van der Waals surface area contributed by atoms with Gasteiger partial charge >= 0.3 is 0 Å². The lowest BCUT2D eigenvalue weighted by molar-refractivity contribution is -0.129. The lowest BCUT2D eigenvalue weighted by atomic mass is 10.3. The Hall–Kier alpha value is -2.22. The first-order valence-electron chi connectivity index (χ1n) is 5.95.